The van der Waals surface area contributed by atoms with Crippen LogP contribution >= 0.6 is 11.6 Å². The fourth-order valence-corrected chi connectivity index (χ4v) is 1.69. The molecule has 5 nitrogen and oxygen atoms in total. The highest BCUT2D eigenvalue weighted by Gasteiger charge is 2.30. The molecule has 0 bridgehead atoms. The standard InChI is InChI=1S/C14H9ClF3N3O2/c15-11-6-3-9(7-19-11)13(23)21-20-12(22)8-1-4-10(5-2-8)14(16,17)18/h1-7H,(H,20,22)(H,21,23). The van der Waals surface area contributed by atoms with E-state index < -0.39 is 23.6 Å². The van der Waals surface area contributed by atoms with Gasteiger partial charge in [0.1, 0.15) is 5.15 Å². The summed E-state index contributed by atoms with van der Waals surface area (Å²) < 4.78 is 37.3. The van der Waals surface area contributed by atoms with Gasteiger partial charge in [-0.2, -0.15) is 13.2 Å². The smallest absolute Gasteiger partial charge is 0.267 e. The predicted molar refractivity (Wildman–Crippen MR) is 75.6 cm³/mol. The van der Waals surface area contributed by atoms with Crippen molar-refractivity contribution in [3.8, 4) is 0 Å². The summed E-state index contributed by atoms with van der Waals surface area (Å²) in [6, 6.07) is 6.37. The Kier molecular flexibility index (Phi) is 4.85. The molecule has 0 aliphatic carbocycles. The van der Waals surface area contributed by atoms with E-state index in [2.05, 4.69) is 15.8 Å². The number of hydrogen-bond acceptors (Lipinski definition) is 3. The molecule has 1 heterocycles. The second-order valence-corrected chi connectivity index (χ2v) is 4.74. The van der Waals surface area contributed by atoms with Crippen LogP contribution in [-0.4, -0.2) is 16.8 Å². The van der Waals surface area contributed by atoms with Crippen molar-refractivity contribution in [1.82, 2.24) is 15.8 Å². The molecule has 2 N–H and O–H groups in total. The summed E-state index contributed by atoms with van der Waals surface area (Å²) in [5, 5.41) is 0.204. The zero-order chi connectivity index (χ0) is 17.0. The van der Waals surface area contributed by atoms with E-state index in [1.165, 1.54) is 18.3 Å². The number of hydrazine groups is 1. The number of amides is 2. The number of nitrogens with zero attached hydrogens (tertiary/aromatic N) is 1. The number of aromatic nitrogens is 1. The van der Waals surface area contributed by atoms with Gasteiger partial charge in [-0.15, -0.1) is 0 Å². The number of halogens is 4. The summed E-state index contributed by atoms with van der Waals surface area (Å²) in [4.78, 5) is 27.2. The molecule has 2 rings (SSSR count). The van der Waals surface area contributed by atoms with E-state index >= 15 is 0 Å². The van der Waals surface area contributed by atoms with Gasteiger partial charge in [0.15, 0.2) is 0 Å². The molecule has 0 atom stereocenters. The van der Waals surface area contributed by atoms with Crippen molar-refractivity contribution in [2.24, 2.45) is 0 Å². The van der Waals surface area contributed by atoms with Crippen molar-refractivity contribution < 1.29 is 22.8 Å². The first-order valence-electron chi connectivity index (χ1n) is 6.17. The highest BCUT2D eigenvalue weighted by Crippen LogP contribution is 2.28. The van der Waals surface area contributed by atoms with E-state index in [-0.39, 0.29) is 16.3 Å². The normalized spacial score (nSPS) is 11.0. The van der Waals surface area contributed by atoms with Crippen LogP contribution < -0.4 is 10.9 Å². The molecule has 2 amide bonds. The largest absolute Gasteiger partial charge is 0.416 e. The van der Waals surface area contributed by atoms with Crippen molar-refractivity contribution in [1.29, 1.82) is 0 Å². The van der Waals surface area contributed by atoms with Gasteiger partial charge in [0.2, 0.25) is 0 Å². The Balaban J connectivity index is 1.97. The van der Waals surface area contributed by atoms with Crippen molar-refractivity contribution in [3.63, 3.8) is 0 Å². The first kappa shape index (κ1) is 16.8. The zero-order valence-electron chi connectivity index (χ0n) is 11.3. The summed E-state index contributed by atoms with van der Waals surface area (Å²) in [5.74, 6) is -1.40. The van der Waals surface area contributed by atoms with Gasteiger partial charge in [0, 0.05) is 11.8 Å². The average Bonchev–Trinajstić information content (AvgIpc) is 2.52. The quantitative estimate of drug-likeness (QED) is 0.650. The molecule has 0 aliphatic heterocycles. The fraction of sp³-hybridized carbons (Fsp3) is 0.0714. The van der Waals surface area contributed by atoms with Gasteiger partial charge >= 0.3 is 6.18 Å². The first-order valence-corrected chi connectivity index (χ1v) is 6.54. The van der Waals surface area contributed by atoms with E-state index in [0.29, 0.717) is 0 Å². The lowest BCUT2D eigenvalue weighted by molar-refractivity contribution is -0.137. The lowest BCUT2D eigenvalue weighted by Crippen LogP contribution is -2.41. The highest BCUT2D eigenvalue weighted by molar-refractivity contribution is 6.29. The fourth-order valence-electron chi connectivity index (χ4n) is 1.58. The number of carbonyl (C=O) groups is 2. The maximum absolute atomic E-state index is 12.4. The Morgan fingerprint density at radius 3 is 1.91 bits per heavy atom. The first-order chi connectivity index (χ1) is 10.8. The minimum absolute atomic E-state index is 0.0347. The highest BCUT2D eigenvalue weighted by atomic mass is 35.5. The van der Waals surface area contributed by atoms with E-state index in [4.69, 9.17) is 11.6 Å². The molecule has 1 aromatic carbocycles. The van der Waals surface area contributed by atoms with Gasteiger partial charge < -0.3 is 0 Å². The van der Waals surface area contributed by atoms with E-state index in [0.717, 1.165) is 24.3 Å². The van der Waals surface area contributed by atoms with Crippen LogP contribution in [-0.2, 0) is 6.18 Å². The number of pyridine rings is 1. The molecule has 0 saturated carbocycles. The lowest BCUT2D eigenvalue weighted by atomic mass is 10.1. The minimum Gasteiger partial charge on any atom is -0.267 e. The number of nitrogens with one attached hydrogen (secondary N) is 2. The second kappa shape index (κ2) is 6.66. The van der Waals surface area contributed by atoms with Crippen molar-refractivity contribution in [2.75, 3.05) is 0 Å². The molecule has 2 aromatic rings. The molecule has 120 valence electrons. The number of rotatable bonds is 2. The van der Waals surface area contributed by atoms with Crippen LogP contribution in [0.1, 0.15) is 26.3 Å². The molecule has 9 heteroatoms. The monoisotopic (exact) mass is 343 g/mol. The minimum atomic E-state index is -4.48. The van der Waals surface area contributed by atoms with Crippen LogP contribution in [0.15, 0.2) is 42.6 Å². The topological polar surface area (TPSA) is 71.1 Å². The number of benzene rings is 1. The van der Waals surface area contributed by atoms with E-state index in [1.807, 2.05) is 0 Å². The van der Waals surface area contributed by atoms with Crippen LogP contribution in [0.4, 0.5) is 13.2 Å². The molecular formula is C14H9ClF3N3O2. The van der Waals surface area contributed by atoms with Gasteiger partial charge in [-0.3, -0.25) is 20.4 Å². The van der Waals surface area contributed by atoms with Crippen molar-refractivity contribution >= 4 is 23.4 Å². The third kappa shape index (κ3) is 4.43. The number of hydrogen-bond donors (Lipinski definition) is 2. The van der Waals surface area contributed by atoms with Crippen molar-refractivity contribution in [2.45, 2.75) is 6.18 Å². The Morgan fingerprint density at radius 1 is 0.913 bits per heavy atom. The zero-order valence-corrected chi connectivity index (χ0v) is 12.1. The summed E-state index contributed by atoms with van der Waals surface area (Å²) in [5.41, 5.74) is 3.46. The van der Waals surface area contributed by atoms with Crippen LogP contribution in [0, 0.1) is 0 Å². The maximum atomic E-state index is 12.4. The van der Waals surface area contributed by atoms with Crippen molar-refractivity contribution in [3.05, 3.63) is 64.4 Å². The average molecular weight is 344 g/mol. The molecule has 0 aliphatic rings. The number of carbonyl (C=O) groups excluding carboxylic acids is 2. The van der Waals surface area contributed by atoms with Gasteiger partial charge in [-0.25, -0.2) is 4.98 Å². The molecule has 0 spiro atoms. The van der Waals surface area contributed by atoms with E-state index in [1.54, 1.807) is 0 Å². The van der Waals surface area contributed by atoms with Gasteiger partial charge in [-0.1, -0.05) is 11.6 Å². The molecule has 0 radical (unpaired) electrons. The molecule has 23 heavy (non-hydrogen) atoms. The molecule has 0 saturated heterocycles. The maximum Gasteiger partial charge on any atom is 0.416 e. The summed E-state index contributed by atoms with van der Waals surface area (Å²) in [6.07, 6.45) is -3.27. The molecule has 1 aromatic heterocycles. The van der Waals surface area contributed by atoms with E-state index in [9.17, 15) is 22.8 Å². The third-order valence-electron chi connectivity index (χ3n) is 2.75. The van der Waals surface area contributed by atoms with Gasteiger partial charge in [0.25, 0.3) is 11.8 Å². The summed E-state index contributed by atoms with van der Waals surface area (Å²) >= 11 is 5.58. The molecule has 0 fully saturated rings. The second-order valence-electron chi connectivity index (χ2n) is 4.35. The summed E-state index contributed by atoms with van der Waals surface area (Å²) in [6.45, 7) is 0. The van der Waals surface area contributed by atoms with Gasteiger partial charge in [-0.05, 0) is 36.4 Å². The van der Waals surface area contributed by atoms with Crippen LogP contribution in [0.3, 0.4) is 0 Å². The Hall–Kier alpha value is -2.61. The van der Waals surface area contributed by atoms with Crippen LogP contribution in [0.5, 0.6) is 0 Å². The Morgan fingerprint density at radius 2 is 1.43 bits per heavy atom. The third-order valence-corrected chi connectivity index (χ3v) is 2.98. The lowest BCUT2D eigenvalue weighted by Gasteiger charge is -2.09. The molecular weight excluding hydrogens is 335 g/mol. The van der Waals surface area contributed by atoms with Crippen LogP contribution in [0.2, 0.25) is 5.15 Å². The predicted octanol–water partition coefficient (Wildman–Crippen LogP) is 2.83. The SMILES string of the molecule is O=C(NNC(=O)c1ccc(Cl)nc1)c1ccc(C(F)(F)F)cc1. The van der Waals surface area contributed by atoms with Crippen LogP contribution in [0.25, 0.3) is 0 Å². The number of alkyl halides is 3. The Bertz CT molecular complexity index is 716. The summed E-state index contributed by atoms with van der Waals surface area (Å²) in [7, 11) is 0. The Labute approximate surface area is 133 Å². The van der Waals surface area contributed by atoms with Gasteiger partial charge in [0.05, 0.1) is 11.1 Å². The molecule has 0 unspecified atom stereocenters.